The molecule has 0 aliphatic carbocycles. The second-order valence-corrected chi connectivity index (χ2v) is 5.67. The zero-order valence-corrected chi connectivity index (χ0v) is 14.1. The van der Waals surface area contributed by atoms with Crippen molar-refractivity contribution in [1.82, 2.24) is 19.8 Å². The summed E-state index contributed by atoms with van der Waals surface area (Å²) >= 11 is 0. The van der Waals surface area contributed by atoms with E-state index in [-0.39, 0.29) is 5.56 Å². The van der Waals surface area contributed by atoms with Crippen LogP contribution in [0.4, 0.5) is 4.79 Å². The van der Waals surface area contributed by atoms with Crippen molar-refractivity contribution in [1.29, 1.82) is 0 Å². The van der Waals surface area contributed by atoms with Crippen molar-refractivity contribution in [2.24, 2.45) is 10.8 Å². The van der Waals surface area contributed by atoms with Crippen molar-refractivity contribution >= 4 is 23.1 Å². The number of para-hydroxylation sites is 1. The zero-order chi connectivity index (χ0) is 18.1. The minimum Gasteiger partial charge on any atom is -0.350 e. The molecule has 1 aromatic carbocycles. The topological polar surface area (TPSA) is 107 Å². The van der Waals surface area contributed by atoms with Crippen LogP contribution in [0.15, 0.2) is 40.2 Å². The maximum atomic E-state index is 13.0. The summed E-state index contributed by atoms with van der Waals surface area (Å²) in [5, 5.41) is 4.33. The number of hydrogen-bond acceptors (Lipinski definition) is 4. The van der Waals surface area contributed by atoms with Gasteiger partial charge in [0.05, 0.1) is 17.1 Å². The summed E-state index contributed by atoms with van der Waals surface area (Å²) in [4.78, 5) is 28.2. The van der Waals surface area contributed by atoms with E-state index >= 15 is 0 Å². The van der Waals surface area contributed by atoms with Crippen LogP contribution in [0, 0.1) is 20.8 Å². The summed E-state index contributed by atoms with van der Waals surface area (Å²) in [6, 6.07) is 8.36. The minimum absolute atomic E-state index is 0.149. The molecule has 3 rings (SSSR count). The van der Waals surface area contributed by atoms with Crippen LogP contribution in [0.3, 0.4) is 0 Å². The quantitative estimate of drug-likeness (QED) is 0.557. The molecule has 3 aromatic rings. The SMILES string of the molecule is Cc1cc(C=NNC(N)=O)c(C)n1-n1c(C)nc2ccccc2c1=O. The van der Waals surface area contributed by atoms with Gasteiger partial charge in [-0.05, 0) is 39.0 Å². The minimum atomic E-state index is -0.740. The van der Waals surface area contributed by atoms with Crippen molar-refractivity contribution in [3.8, 4) is 0 Å². The van der Waals surface area contributed by atoms with Crippen LogP contribution in [-0.4, -0.2) is 26.6 Å². The van der Waals surface area contributed by atoms with E-state index in [4.69, 9.17) is 5.73 Å². The van der Waals surface area contributed by atoms with Gasteiger partial charge < -0.3 is 5.73 Å². The molecule has 0 saturated carbocycles. The number of carbonyl (C=O) groups is 1. The number of fused-ring (bicyclic) bond motifs is 1. The van der Waals surface area contributed by atoms with Gasteiger partial charge in [0.15, 0.2) is 0 Å². The molecule has 8 nitrogen and oxygen atoms in total. The molecule has 0 spiro atoms. The van der Waals surface area contributed by atoms with E-state index in [0.717, 1.165) is 17.0 Å². The molecule has 8 heteroatoms. The molecular weight excluding hydrogens is 320 g/mol. The monoisotopic (exact) mass is 338 g/mol. The Labute approximate surface area is 143 Å². The molecule has 128 valence electrons. The number of hydrogen-bond donors (Lipinski definition) is 2. The second-order valence-electron chi connectivity index (χ2n) is 5.67. The Hall–Kier alpha value is -3.42. The molecule has 3 N–H and O–H groups in total. The van der Waals surface area contributed by atoms with Crippen LogP contribution in [0.25, 0.3) is 10.9 Å². The average Bonchev–Trinajstić information content (AvgIpc) is 2.82. The van der Waals surface area contributed by atoms with Gasteiger partial charge in [-0.2, -0.15) is 9.78 Å². The van der Waals surface area contributed by atoms with E-state index in [1.54, 1.807) is 17.7 Å². The van der Waals surface area contributed by atoms with Crippen LogP contribution in [0.2, 0.25) is 0 Å². The van der Waals surface area contributed by atoms with Gasteiger partial charge in [0.1, 0.15) is 5.82 Å². The van der Waals surface area contributed by atoms with Crippen LogP contribution in [0.1, 0.15) is 22.8 Å². The second kappa shape index (κ2) is 6.23. The lowest BCUT2D eigenvalue weighted by Crippen LogP contribution is -2.31. The first-order valence-electron chi connectivity index (χ1n) is 7.66. The van der Waals surface area contributed by atoms with Crippen molar-refractivity contribution in [2.75, 3.05) is 0 Å². The fourth-order valence-electron chi connectivity index (χ4n) is 2.85. The number of aromatic nitrogens is 3. The average molecular weight is 338 g/mol. The Balaban J connectivity index is 2.19. The summed E-state index contributed by atoms with van der Waals surface area (Å²) in [7, 11) is 0. The molecule has 0 aliphatic rings. The van der Waals surface area contributed by atoms with E-state index in [1.165, 1.54) is 10.9 Å². The van der Waals surface area contributed by atoms with Gasteiger partial charge in [-0.3, -0.25) is 9.47 Å². The first-order valence-corrected chi connectivity index (χ1v) is 7.66. The number of urea groups is 1. The van der Waals surface area contributed by atoms with Crippen LogP contribution < -0.4 is 16.7 Å². The molecular formula is C17H18N6O2. The van der Waals surface area contributed by atoms with Crippen LogP contribution in [0.5, 0.6) is 0 Å². The Morgan fingerprint density at radius 2 is 1.96 bits per heavy atom. The molecule has 0 atom stereocenters. The first kappa shape index (κ1) is 16.4. The van der Waals surface area contributed by atoms with E-state index < -0.39 is 6.03 Å². The summed E-state index contributed by atoms with van der Waals surface area (Å²) in [6.07, 6.45) is 1.48. The standard InChI is InChI=1S/C17H18N6O2/c1-10-8-13(9-19-21-17(18)25)11(2)22(10)23-12(3)20-15-7-5-4-6-14(15)16(23)24/h4-9H,1-3H3,(H3,18,21,25). The molecule has 0 bridgehead atoms. The number of nitrogens with zero attached hydrogens (tertiary/aromatic N) is 4. The summed E-state index contributed by atoms with van der Waals surface area (Å²) in [5.41, 5.74) is 10.0. The fraction of sp³-hybridized carbons (Fsp3) is 0.176. The Bertz CT molecular complexity index is 1060. The number of hydrazone groups is 1. The lowest BCUT2D eigenvalue weighted by Gasteiger charge is -2.16. The first-order chi connectivity index (χ1) is 11.9. The van der Waals surface area contributed by atoms with Crippen LogP contribution >= 0.6 is 0 Å². The van der Waals surface area contributed by atoms with Gasteiger partial charge in [0.25, 0.3) is 5.56 Å². The number of rotatable bonds is 3. The van der Waals surface area contributed by atoms with E-state index in [1.807, 2.05) is 38.1 Å². The molecule has 0 aliphatic heterocycles. The van der Waals surface area contributed by atoms with Crippen molar-refractivity contribution in [3.63, 3.8) is 0 Å². The highest BCUT2D eigenvalue weighted by Gasteiger charge is 2.15. The van der Waals surface area contributed by atoms with Crippen molar-refractivity contribution < 1.29 is 4.79 Å². The van der Waals surface area contributed by atoms with Gasteiger partial charge in [0.2, 0.25) is 0 Å². The third kappa shape index (κ3) is 2.89. The molecule has 0 unspecified atom stereocenters. The zero-order valence-electron chi connectivity index (χ0n) is 14.1. The largest absolute Gasteiger partial charge is 0.350 e. The molecule has 0 fully saturated rings. The van der Waals surface area contributed by atoms with E-state index in [2.05, 4.69) is 15.5 Å². The van der Waals surface area contributed by atoms with Crippen LogP contribution in [-0.2, 0) is 0 Å². The number of primary amides is 1. The van der Waals surface area contributed by atoms with Crippen molar-refractivity contribution in [3.05, 3.63) is 63.5 Å². The van der Waals surface area contributed by atoms with Gasteiger partial charge in [0, 0.05) is 17.0 Å². The predicted molar refractivity (Wildman–Crippen MR) is 95.8 cm³/mol. The highest BCUT2D eigenvalue weighted by atomic mass is 16.2. The highest BCUT2D eigenvalue weighted by molar-refractivity contribution is 5.83. The number of nitrogens with two attached hydrogens (primary N) is 1. The lowest BCUT2D eigenvalue weighted by atomic mass is 10.2. The van der Waals surface area contributed by atoms with E-state index in [0.29, 0.717) is 16.7 Å². The number of aryl methyl sites for hydroxylation is 2. The number of carbonyl (C=O) groups excluding carboxylic acids is 1. The number of benzene rings is 1. The molecule has 25 heavy (non-hydrogen) atoms. The fourth-order valence-corrected chi connectivity index (χ4v) is 2.85. The number of amides is 2. The van der Waals surface area contributed by atoms with Gasteiger partial charge in [-0.1, -0.05) is 12.1 Å². The molecule has 0 saturated heterocycles. The highest BCUT2D eigenvalue weighted by Crippen LogP contribution is 2.15. The third-order valence-electron chi connectivity index (χ3n) is 3.93. The number of nitrogens with one attached hydrogen (secondary N) is 1. The maximum Gasteiger partial charge on any atom is 0.332 e. The smallest absolute Gasteiger partial charge is 0.332 e. The predicted octanol–water partition coefficient (Wildman–Crippen LogP) is 1.44. The third-order valence-corrected chi connectivity index (χ3v) is 3.93. The van der Waals surface area contributed by atoms with Crippen molar-refractivity contribution in [2.45, 2.75) is 20.8 Å². The Kier molecular flexibility index (Phi) is 4.10. The normalized spacial score (nSPS) is 11.3. The summed E-state index contributed by atoms with van der Waals surface area (Å²) in [6.45, 7) is 5.53. The maximum absolute atomic E-state index is 13.0. The lowest BCUT2D eigenvalue weighted by molar-refractivity contribution is 0.249. The molecule has 2 aromatic heterocycles. The molecule has 2 amide bonds. The summed E-state index contributed by atoms with van der Waals surface area (Å²) < 4.78 is 3.31. The molecule has 2 heterocycles. The van der Waals surface area contributed by atoms with Gasteiger partial charge in [-0.15, -0.1) is 0 Å². The Morgan fingerprint density at radius 1 is 1.24 bits per heavy atom. The van der Waals surface area contributed by atoms with Gasteiger partial charge >= 0.3 is 6.03 Å². The Morgan fingerprint density at radius 3 is 2.68 bits per heavy atom. The van der Waals surface area contributed by atoms with Gasteiger partial charge in [-0.25, -0.2) is 15.2 Å². The molecule has 0 radical (unpaired) electrons. The summed E-state index contributed by atoms with van der Waals surface area (Å²) in [5.74, 6) is 0.573. The van der Waals surface area contributed by atoms with E-state index in [9.17, 15) is 9.59 Å².